The molecule has 0 aliphatic carbocycles. The van der Waals surface area contributed by atoms with E-state index >= 15 is 0 Å². The van der Waals surface area contributed by atoms with Gasteiger partial charge in [-0.1, -0.05) is 45.1 Å². The number of hydrogen-bond acceptors (Lipinski definition) is 2. The van der Waals surface area contributed by atoms with Crippen molar-refractivity contribution in [3.63, 3.8) is 0 Å². The van der Waals surface area contributed by atoms with Gasteiger partial charge in [0.25, 0.3) is 0 Å². The normalized spacial score (nSPS) is 10.4. The number of hydrogen-bond donors (Lipinski definition) is 1. The van der Waals surface area contributed by atoms with Gasteiger partial charge in [0.1, 0.15) is 5.75 Å². The van der Waals surface area contributed by atoms with Gasteiger partial charge in [0, 0.05) is 5.56 Å². The zero-order valence-corrected chi connectivity index (χ0v) is 11.9. The van der Waals surface area contributed by atoms with E-state index in [0.717, 1.165) is 6.42 Å². The Kier molecular flexibility index (Phi) is 7.01. The van der Waals surface area contributed by atoms with Crippen molar-refractivity contribution in [3.05, 3.63) is 29.3 Å². The second-order valence-electron chi connectivity index (χ2n) is 4.85. The fourth-order valence-corrected chi connectivity index (χ4v) is 2.07. The Labute approximate surface area is 115 Å². The maximum atomic E-state index is 11.0. The maximum absolute atomic E-state index is 11.0. The summed E-state index contributed by atoms with van der Waals surface area (Å²) in [5.41, 5.74) is 1.03. The molecular formula is C16H24O3. The van der Waals surface area contributed by atoms with Crippen LogP contribution >= 0.6 is 0 Å². The van der Waals surface area contributed by atoms with Crippen LogP contribution in [0, 0.1) is 6.92 Å². The summed E-state index contributed by atoms with van der Waals surface area (Å²) in [4.78, 5) is 11.0. The van der Waals surface area contributed by atoms with E-state index in [1.165, 1.54) is 32.1 Å². The minimum absolute atomic E-state index is 0.320. The molecule has 19 heavy (non-hydrogen) atoms. The molecular weight excluding hydrogens is 240 g/mol. The van der Waals surface area contributed by atoms with E-state index < -0.39 is 5.97 Å². The number of benzene rings is 1. The van der Waals surface area contributed by atoms with Gasteiger partial charge in [0.2, 0.25) is 0 Å². The van der Waals surface area contributed by atoms with E-state index in [1.807, 2.05) is 6.07 Å². The molecule has 0 aliphatic heterocycles. The first-order chi connectivity index (χ1) is 9.16. The molecule has 0 atom stereocenters. The Hall–Kier alpha value is -1.51. The fourth-order valence-electron chi connectivity index (χ4n) is 2.07. The lowest BCUT2D eigenvalue weighted by Crippen LogP contribution is -2.04. The lowest BCUT2D eigenvalue weighted by molar-refractivity contribution is 0.0695. The molecule has 0 heterocycles. The highest BCUT2D eigenvalue weighted by Gasteiger charge is 2.10. The second kappa shape index (κ2) is 8.57. The molecule has 3 nitrogen and oxygen atoms in total. The summed E-state index contributed by atoms with van der Waals surface area (Å²) in [6.45, 7) is 4.66. The SMILES string of the molecule is CCCCCCCCOc1cccc(C(=O)O)c1C. The van der Waals surface area contributed by atoms with Gasteiger partial charge in [0.15, 0.2) is 0 Å². The van der Waals surface area contributed by atoms with E-state index in [-0.39, 0.29) is 0 Å². The van der Waals surface area contributed by atoms with Gasteiger partial charge < -0.3 is 9.84 Å². The van der Waals surface area contributed by atoms with Gasteiger partial charge >= 0.3 is 5.97 Å². The molecule has 0 saturated carbocycles. The topological polar surface area (TPSA) is 46.5 Å². The lowest BCUT2D eigenvalue weighted by atomic mass is 10.1. The third-order valence-corrected chi connectivity index (χ3v) is 3.27. The molecule has 0 fully saturated rings. The highest BCUT2D eigenvalue weighted by Crippen LogP contribution is 2.21. The average Bonchev–Trinajstić information content (AvgIpc) is 2.39. The predicted octanol–water partition coefficient (Wildman–Crippen LogP) is 4.43. The molecule has 0 spiro atoms. The molecule has 0 saturated heterocycles. The number of carbonyl (C=O) groups is 1. The summed E-state index contributed by atoms with van der Waals surface area (Å²) < 4.78 is 5.67. The molecule has 3 heteroatoms. The molecule has 0 bridgehead atoms. The average molecular weight is 264 g/mol. The molecule has 0 aliphatic rings. The van der Waals surface area contributed by atoms with Crippen molar-refractivity contribution < 1.29 is 14.6 Å². The van der Waals surface area contributed by atoms with Crippen LogP contribution in [0.4, 0.5) is 0 Å². The van der Waals surface area contributed by atoms with Gasteiger partial charge in [0.05, 0.1) is 12.2 Å². The first kappa shape index (κ1) is 15.5. The smallest absolute Gasteiger partial charge is 0.336 e. The predicted molar refractivity (Wildman–Crippen MR) is 77.0 cm³/mol. The molecule has 106 valence electrons. The quantitative estimate of drug-likeness (QED) is 0.671. The van der Waals surface area contributed by atoms with E-state index in [9.17, 15) is 4.79 Å². The van der Waals surface area contributed by atoms with Crippen molar-refractivity contribution in [1.82, 2.24) is 0 Å². The van der Waals surface area contributed by atoms with Crippen LogP contribution in [0.2, 0.25) is 0 Å². The summed E-state index contributed by atoms with van der Waals surface area (Å²) in [6.07, 6.45) is 7.33. The van der Waals surface area contributed by atoms with Gasteiger partial charge in [-0.2, -0.15) is 0 Å². The monoisotopic (exact) mass is 264 g/mol. The summed E-state index contributed by atoms with van der Waals surface area (Å²) in [5, 5.41) is 9.03. The van der Waals surface area contributed by atoms with E-state index in [4.69, 9.17) is 9.84 Å². The Morgan fingerprint density at radius 3 is 2.53 bits per heavy atom. The highest BCUT2D eigenvalue weighted by molar-refractivity contribution is 5.90. The number of rotatable bonds is 9. The van der Waals surface area contributed by atoms with Crippen LogP contribution in [0.3, 0.4) is 0 Å². The largest absolute Gasteiger partial charge is 0.493 e. The van der Waals surface area contributed by atoms with Crippen molar-refractivity contribution in [1.29, 1.82) is 0 Å². The summed E-state index contributed by atoms with van der Waals surface area (Å²) in [7, 11) is 0. The maximum Gasteiger partial charge on any atom is 0.336 e. The first-order valence-electron chi connectivity index (χ1n) is 7.12. The minimum Gasteiger partial charge on any atom is -0.493 e. The molecule has 1 aromatic carbocycles. The van der Waals surface area contributed by atoms with Crippen molar-refractivity contribution in [3.8, 4) is 5.75 Å². The van der Waals surface area contributed by atoms with Crippen LogP contribution < -0.4 is 4.74 Å². The van der Waals surface area contributed by atoms with E-state index in [0.29, 0.717) is 23.5 Å². The Bertz CT molecular complexity index is 399. The molecule has 0 amide bonds. The van der Waals surface area contributed by atoms with Gasteiger partial charge in [-0.15, -0.1) is 0 Å². The summed E-state index contributed by atoms with van der Waals surface area (Å²) >= 11 is 0. The molecule has 1 N–H and O–H groups in total. The molecule has 1 rings (SSSR count). The number of aromatic carboxylic acids is 1. The van der Waals surface area contributed by atoms with Gasteiger partial charge in [-0.25, -0.2) is 4.79 Å². The second-order valence-corrected chi connectivity index (χ2v) is 4.85. The van der Waals surface area contributed by atoms with Crippen molar-refractivity contribution in [2.45, 2.75) is 52.4 Å². The third kappa shape index (κ3) is 5.33. The standard InChI is InChI=1S/C16H24O3/c1-3-4-5-6-7-8-12-19-15-11-9-10-14(13(15)2)16(17)18/h9-11H,3-8,12H2,1-2H3,(H,17,18). The molecule has 0 radical (unpaired) electrons. The Balaban J connectivity index is 2.33. The van der Waals surface area contributed by atoms with E-state index in [1.54, 1.807) is 19.1 Å². The van der Waals surface area contributed by atoms with Gasteiger partial charge in [-0.3, -0.25) is 0 Å². The zero-order valence-electron chi connectivity index (χ0n) is 11.9. The molecule has 0 aromatic heterocycles. The van der Waals surface area contributed by atoms with Crippen LogP contribution in [0.25, 0.3) is 0 Å². The van der Waals surface area contributed by atoms with Crippen LogP contribution in [0.15, 0.2) is 18.2 Å². The van der Waals surface area contributed by atoms with Crippen molar-refractivity contribution >= 4 is 5.97 Å². The summed E-state index contributed by atoms with van der Waals surface area (Å²) in [5.74, 6) is -0.212. The number of unbranched alkanes of at least 4 members (excludes halogenated alkanes) is 5. The highest BCUT2D eigenvalue weighted by atomic mass is 16.5. The van der Waals surface area contributed by atoms with Crippen molar-refractivity contribution in [2.24, 2.45) is 0 Å². The molecule has 1 aromatic rings. The number of carboxylic acids is 1. The zero-order chi connectivity index (χ0) is 14.1. The lowest BCUT2D eigenvalue weighted by Gasteiger charge is -2.10. The number of carboxylic acid groups (broad SMARTS) is 1. The summed E-state index contributed by atoms with van der Waals surface area (Å²) in [6, 6.07) is 5.17. The third-order valence-electron chi connectivity index (χ3n) is 3.27. The van der Waals surface area contributed by atoms with Crippen LogP contribution in [0.1, 0.15) is 61.4 Å². The molecule has 0 unspecified atom stereocenters. The van der Waals surface area contributed by atoms with Crippen molar-refractivity contribution in [2.75, 3.05) is 6.61 Å². The van der Waals surface area contributed by atoms with Crippen LogP contribution in [0.5, 0.6) is 5.75 Å². The van der Waals surface area contributed by atoms with Gasteiger partial charge in [-0.05, 0) is 25.5 Å². The van der Waals surface area contributed by atoms with E-state index in [2.05, 4.69) is 6.92 Å². The Morgan fingerprint density at radius 2 is 1.84 bits per heavy atom. The number of ether oxygens (including phenoxy) is 1. The first-order valence-corrected chi connectivity index (χ1v) is 7.12. The Morgan fingerprint density at radius 1 is 1.16 bits per heavy atom. The fraction of sp³-hybridized carbons (Fsp3) is 0.562. The van der Waals surface area contributed by atoms with Crippen LogP contribution in [-0.4, -0.2) is 17.7 Å². The minimum atomic E-state index is -0.900. The van der Waals surface area contributed by atoms with Crippen LogP contribution in [-0.2, 0) is 0 Å².